The van der Waals surface area contributed by atoms with Crippen LogP contribution in [0.15, 0.2) is 30.3 Å². The van der Waals surface area contributed by atoms with Crippen molar-refractivity contribution in [3.05, 3.63) is 51.9 Å². The van der Waals surface area contributed by atoms with Crippen LogP contribution in [-0.4, -0.2) is 20.1 Å². The average molecular weight is 403 g/mol. The minimum Gasteiger partial charge on any atom is -0.317 e. The van der Waals surface area contributed by atoms with Crippen molar-refractivity contribution < 1.29 is 13.2 Å². The van der Waals surface area contributed by atoms with E-state index in [2.05, 4.69) is 18.3 Å². The second kappa shape index (κ2) is 8.24. The van der Waals surface area contributed by atoms with Gasteiger partial charge in [-0.1, -0.05) is 37.3 Å². The summed E-state index contributed by atoms with van der Waals surface area (Å²) in [5.74, 6) is -0.0721. The second-order valence-electron chi connectivity index (χ2n) is 7.04. The third-order valence-corrected chi connectivity index (χ3v) is 7.52. The molecular weight excluding hydrogens is 380 g/mol. The average Bonchev–Trinajstić information content (AvgIpc) is 2.96. The summed E-state index contributed by atoms with van der Waals surface area (Å²) in [4.78, 5) is 13.4. The molecule has 2 aromatic rings. The van der Waals surface area contributed by atoms with Gasteiger partial charge in [-0.05, 0) is 36.3 Å². The van der Waals surface area contributed by atoms with Gasteiger partial charge >= 0.3 is 0 Å². The third-order valence-electron chi connectivity index (χ3n) is 4.75. The Morgan fingerprint density at radius 2 is 2.07 bits per heavy atom. The highest BCUT2D eigenvalue weighted by molar-refractivity contribution is 7.90. The van der Waals surface area contributed by atoms with Gasteiger partial charge in [0.05, 0.1) is 17.1 Å². The Balaban J connectivity index is 1.62. The van der Waals surface area contributed by atoms with E-state index in [1.807, 2.05) is 6.07 Å². The standard InChI is InChI=1S/C20H22N2O3S2/c1-14-7-8-16-17(12-21)20(26-18(16)11-14)22-19(23)9-10-27(24,25)13-15-5-3-2-4-6-15/h2-6,14H,7-11,13H2,1H3,(H,22,23). The first kappa shape index (κ1) is 19.6. The van der Waals surface area contributed by atoms with E-state index in [4.69, 9.17) is 0 Å². The molecule has 1 heterocycles. The van der Waals surface area contributed by atoms with Crippen LogP contribution in [0.3, 0.4) is 0 Å². The Bertz CT molecular complexity index is 973. The fourth-order valence-electron chi connectivity index (χ4n) is 3.29. The Morgan fingerprint density at radius 3 is 2.78 bits per heavy atom. The molecule has 142 valence electrons. The van der Waals surface area contributed by atoms with E-state index in [0.717, 1.165) is 29.7 Å². The van der Waals surface area contributed by atoms with Crippen molar-refractivity contribution in [2.75, 3.05) is 11.1 Å². The second-order valence-corrected chi connectivity index (χ2v) is 10.3. The highest BCUT2D eigenvalue weighted by Crippen LogP contribution is 2.39. The molecule has 1 aromatic heterocycles. The number of thiophene rings is 1. The van der Waals surface area contributed by atoms with Gasteiger partial charge in [-0.25, -0.2) is 8.42 Å². The normalized spacial score (nSPS) is 16.4. The molecular formula is C20H22N2O3S2. The molecule has 3 rings (SSSR count). The first-order valence-electron chi connectivity index (χ1n) is 8.97. The zero-order valence-corrected chi connectivity index (χ0v) is 16.8. The zero-order chi connectivity index (χ0) is 19.4. The van der Waals surface area contributed by atoms with Crippen LogP contribution < -0.4 is 5.32 Å². The summed E-state index contributed by atoms with van der Waals surface area (Å²) < 4.78 is 24.5. The van der Waals surface area contributed by atoms with Gasteiger partial charge in [0.25, 0.3) is 0 Å². The van der Waals surface area contributed by atoms with E-state index >= 15 is 0 Å². The first-order chi connectivity index (χ1) is 12.9. The van der Waals surface area contributed by atoms with E-state index in [1.54, 1.807) is 24.3 Å². The maximum Gasteiger partial charge on any atom is 0.226 e. The predicted molar refractivity (Wildman–Crippen MR) is 107 cm³/mol. The van der Waals surface area contributed by atoms with Gasteiger partial charge in [0, 0.05) is 11.3 Å². The molecule has 7 heteroatoms. The number of sulfone groups is 1. The minimum absolute atomic E-state index is 0.0737. The first-order valence-corrected chi connectivity index (χ1v) is 11.6. The maximum absolute atomic E-state index is 12.3. The number of benzene rings is 1. The predicted octanol–water partition coefficient (Wildman–Crippen LogP) is 3.69. The van der Waals surface area contributed by atoms with Crippen molar-refractivity contribution in [2.45, 2.75) is 38.4 Å². The van der Waals surface area contributed by atoms with Gasteiger partial charge in [-0.3, -0.25) is 4.79 Å². The van der Waals surface area contributed by atoms with E-state index in [-0.39, 0.29) is 23.8 Å². The van der Waals surface area contributed by atoms with Crippen LogP contribution in [0, 0.1) is 17.2 Å². The summed E-state index contributed by atoms with van der Waals surface area (Å²) in [6.07, 6.45) is 2.72. The van der Waals surface area contributed by atoms with Crippen LogP contribution in [-0.2, 0) is 33.2 Å². The lowest BCUT2D eigenvalue weighted by atomic mass is 9.89. The monoisotopic (exact) mass is 402 g/mol. The molecule has 0 fully saturated rings. The number of carbonyl (C=O) groups is 1. The summed E-state index contributed by atoms with van der Waals surface area (Å²) in [6, 6.07) is 11.1. The Hall–Kier alpha value is -2.17. The highest BCUT2D eigenvalue weighted by atomic mass is 32.2. The van der Waals surface area contributed by atoms with Gasteiger partial charge in [-0.15, -0.1) is 11.3 Å². The van der Waals surface area contributed by atoms with Crippen molar-refractivity contribution in [3.63, 3.8) is 0 Å². The fourth-order valence-corrected chi connectivity index (χ4v) is 6.01. The van der Waals surface area contributed by atoms with Crippen molar-refractivity contribution in [3.8, 4) is 6.07 Å². The molecule has 1 aliphatic rings. The van der Waals surface area contributed by atoms with E-state index < -0.39 is 9.84 Å². The number of rotatable bonds is 6. The van der Waals surface area contributed by atoms with Crippen molar-refractivity contribution >= 4 is 32.1 Å². The number of carbonyl (C=O) groups excluding carboxylic acids is 1. The highest BCUT2D eigenvalue weighted by Gasteiger charge is 2.25. The summed E-state index contributed by atoms with van der Waals surface area (Å²) >= 11 is 1.45. The summed E-state index contributed by atoms with van der Waals surface area (Å²) in [7, 11) is -3.37. The molecule has 0 spiro atoms. The van der Waals surface area contributed by atoms with Gasteiger partial charge < -0.3 is 5.32 Å². The van der Waals surface area contributed by atoms with Crippen molar-refractivity contribution in [2.24, 2.45) is 5.92 Å². The molecule has 1 aliphatic carbocycles. The number of nitrogens with one attached hydrogen (secondary N) is 1. The largest absolute Gasteiger partial charge is 0.317 e. The molecule has 0 saturated carbocycles. The van der Waals surface area contributed by atoms with Gasteiger partial charge in [0.15, 0.2) is 9.84 Å². The molecule has 1 atom stereocenters. The topological polar surface area (TPSA) is 87.0 Å². The molecule has 27 heavy (non-hydrogen) atoms. The Kier molecular flexibility index (Phi) is 5.98. The van der Waals surface area contributed by atoms with Gasteiger partial charge in [0.1, 0.15) is 11.1 Å². The molecule has 0 radical (unpaired) electrons. The van der Waals surface area contributed by atoms with E-state index in [1.165, 1.54) is 11.3 Å². The zero-order valence-electron chi connectivity index (χ0n) is 15.2. The molecule has 5 nitrogen and oxygen atoms in total. The van der Waals surface area contributed by atoms with Crippen LogP contribution in [0.1, 0.15) is 41.3 Å². The quantitative estimate of drug-likeness (QED) is 0.798. The van der Waals surface area contributed by atoms with Gasteiger partial charge in [0.2, 0.25) is 5.91 Å². The lowest BCUT2D eigenvalue weighted by Gasteiger charge is -2.17. The minimum atomic E-state index is -3.37. The molecule has 0 saturated heterocycles. The summed E-state index contributed by atoms with van der Waals surface area (Å²) in [5, 5.41) is 12.8. The number of nitrogens with zero attached hydrogens (tertiary/aromatic N) is 1. The Labute approximate surface area is 164 Å². The lowest BCUT2D eigenvalue weighted by molar-refractivity contribution is -0.115. The smallest absolute Gasteiger partial charge is 0.226 e. The molecule has 0 aliphatic heterocycles. The van der Waals surface area contributed by atoms with Crippen molar-refractivity contribution in [1.82, 2.24) is 0 Å². The van der Waals surface area contributed by atoms with E-state index in [0.29, 0.717) is 22.0 Å². The van der Waals surface area contributed by atoms with Crippen LogP contribution in [0.4, 0.5) is 5.00 Å². The summed E-state index contributed by atoms with van der Waals surface area (Å²) in [6.45, 7) is 2.19. The Morgan fingerprint density at radius 1 is 1.33 bits per heavy atom. The van der Waals surface area contributed by atoms with Crippen LogP contribution in [0.25, 0.3) is 0 Å². The number of nitriles is 1. The molecule has 1 amide bonds. The van der Waals surface area contributed by atoms with Crippen LogP contribution in [0.2, 0.25) is 0 Å². The SMILES string of the molecule is CC1CCc2c(sc(NC(=O)CCS(=O)(=O)Cc3ccccc3)c2C#N)C1. The van der Waals surface area contributed by atoms with Crippen LogP contribution >= 0.6 is 11.3 Å². The number of fused-ring (bicyclic) bond motifs is 1. The third kappa shape index (κ3) is 4.96. The number of hydrogen-bond donors (Lipinski definition) is 1. The molecule has 1 N–H and O–H groups in total. The molecule has 1 unspecified atom stereocenters. The van der Waals surface area contributed by atoms with Crippen LogP contribution in [0.5, 0.6) is 0 Å². The number of anilines is 1. The van der Waals surface area contributed by atoms with Crippen molar-refractivity contribution in [1.29, 1.82) is 5.26 Å². The fraction of sp³-hybridized carbons (Fsp3) is 0.400. The van der Waals surface area contributed by atoms with E-state index in [9.17, 15) is 18.5 Å². The number of hydrogen-bond acceptors (Lipinski definition) is 5. The number of amides is 1. The molecule has 0 bridgehead atoms. The lowest BCUT2D eigenvalue weighted by Crippen LogP contribution is -2.18. The molecule has 1 aromatic carbocycles. The summed E-state index contributed by atoms with van der Waals surface area (Å²) in [5.41, 5.74) is 2.31. The van der Waals surface area contributed by atoms with Gasteiger partial charge in [-0.2, -0.15) is 5.26 Å². The maximum atomic E-state index is 12.3.